The number of unbranched alkanes of at least 4 members (excludes halogenated alkanes) is 2. The Hall–Kier alpha value is -3.59. The van der Waals surface area contributed by atoms with Crippen molar-refractivity contribution in [3.05, 3.63) is 57.6 Å². The van der Waals surface area contributed by atoms with Crippen LogP contribution in [0.25, 0.3) is 5.57 Å². The predicted molar refractivity (Wildman–Crippen MR) is 188 cm³/mol. The molecular weight excluding hydrogens is 681 g/mol. The van der Waals surface area contributed by atoms with Gasteiger partial charge in [-0.1, -0.05) is 13.8 Å². The fourth-order valence-corrected chi connectivity index (χ4v) is 9.80. The molecule has 0 saturated carbocycles. The largest absolute Gasteiger partial charge is 0.453 e. The zero-order valence-electron chi connectivity index (χ0n) is 29.9. The standard InChI is InChI=1S/C36H46N4O8S2/c1-20-18-35(4,5)37-28-23(20)16-25-27(34-39(8)14-15-40(34)13-11-9-10-12-22(3)41)26-17-24-21(2)19-36(6,7)38-29(24)33(50(45,46)47)31(26)48-30(25)32(28)49(42,43)44/h14-17,20-21H,9-13,18-19H2,1-8H3,(H2-,37,38,42,43,44,45,46,47)/p+1. The molecule has 2 atom stereocenters. The molecule has 1 aromatic heterocycles. The Morgan fingerprint density at radius 1 is 0.980 bits per heavy atom. The lowest BCUT2D eigenvalue weighted by Gasteiger charge is -2.39. The minimum atomic E-state index is -5.00. The number of imidazole rings is 1. The van der Waals surface area contributed by atoms with Gasteiger partial charge in [-0.25, -0.2) is 9.13 Å². The van der Waals surface area contributed by atoms with Crippen molar-refractivity contribution in [2.24, 2.45) is 12.0 Å². The van der Waals surface area contributed by atoms with Crippen molar-refractivity contribution in [2.75, 3.05) is 5.32 Å². The zero-order valence-corrected chi connectivity index (χ0v) is 31.5. The molecule has 50 heavy (non-hydrogen) atoms. The highest BCUT2D eigenvalue weighted by Crippen LogP contribution is 2.51. The van der Waals surface area contributed by atoms with Crippen LogP contribution in [-0.2, 0) is 38.6 Å². The lowest BCUT2D eigenvalue weighted by atomic mass is 9.80. The molecule has 0 saturated heterocycles. The lowest BCUT2D eigenvalue weighted by molar-refractivity contribution is -0.673. The van der Waals surface area contributed by atoms with E-state index in [0.29, 0.717) is 59.1 Å². The van der Waals surface area contributed by atoms with Crippen LogP contribution in [0.2, 0.25) is 0 Å². The first-order valence-electron chi connectivity index (χ1n) is 17.1. The molecule has 4 heterocycles. The second-order valence-electron chi connectivity index (χ2n) is 15.6. The van der Waals surface area contributed by atoms with E-state index in [1.165, 1.54) is 0 Å². The summed E-state index contributed by atoms with van der Waals surface area (Å²) < 4.78 is 85.8. The molecule has 3 aliphatic rings. The number of ketones is 1. The van der Waals surface area contributed by atoms with Crippen LogP contribution in [-0.4, -0.2) is 47.4 Å². The van der Waals surface area contributed by atoms with Gasteiger partial charge in [0.25, 0.3) is 26.1 Å². The van der Waals surface area contributed by atoms with Gasteiger partial charge < -0.3 is 14.8 Å². The first-order valence-corrected chi connectivity index (χ1v) is 20.0. The summed E-state index contributed by atoms with van der Waals surface area (Å²) in [5.41, 5.74) is 1.14. The van der Waals surface area contributed by atoms with Gasteiger partial charge in [-0.2, -0.15) is 16.8 Å². The lowest BCUT2D eigenvalue weighted by Crippen LogP contribution is -2.40. The van der Waals surface area contributed by atoms with Crippen molar-refractivity contribution < 1.29 is 40.0 Å². The van der Waals surface area contributed by atoms with Gasteiger partial charge in [-0.15, -0.1) is 0 Å². The third-order valence-electron chi connectivity index (χ3n) is 10.1. The van der Waals surface area contributed by atoms with E-state index < -0.39 is 41.1 Å². The van der Waals surface area contributed by atoms with E-state index in [4.69, 9.17) is 9.73 Å². The highest BCUT2D eigenvalue weighted by atomic mass is 32.2. The molecule has 0 spiro atoms. The summed E-state index contributed by atoms with van der Waals surface area (Å²) in [6.45, 7) is 13.8. The summed E-state index contributed by atoms with van der Waals surface area (Å²) in [5, 5.41) is 3.73. The molecule has 14 heteroatoms. The highest BCUT2D eigenvalue weighted by molar-refractivity contribution is 7.86. The van der Waals surface area contributed by atoms with Gasteiger partial charge in [0, 0.05) is 22.7 Å². The average Bonchev–Trinajstić information content (AvgIpc) is 3.30. The number of nitrogens with one attached hydrogen (secondary N) is 1. The summed E-state index contributed by atoms with van der Waals surface area (Å²) in [6.07, 6.45) is 7.88. The Bertz CT molecular complexity index is 2290. The van der Waals surface area contributed by atoms with Crippen LogP contribution in [0.5, 0.6) is 11.5 Å². The normalized spacial score (nSPS) is 20.4. The molecule has 3 aromatic rings. The quantitative estimate of drug-likeness (QED) is 0.123. The van der Waals surface area contributed by atoms with Gasteiger partial charge in [-0.05, 0) is 102 Å². The van der Waals surface area contributed by atoms with Crippen LogP contribution >= 0.6 is 0 Å². The van der Waals surface area contributed by atoms with Gasteiger partial charge in [0.05, 0.1) is 35.7 Å². The number of ether oxygens (including phenoxy) is 1. The first kappa shape index (κ1) is 36.2. The van der Waals surface area contributed by atoms with Gasteiger partial charge in [0.15, 0.2) is 21.3 Å². The van der Waals surface area contributed by atoms with Crippen molar-refractivity contribution in [1.82, 2.24) is 4.57 Å². The van der Waals surface area contributed by atoms with Gasteiger partial charge >= 0.3 is 0 Å². The average molecular weight is 728 g/mol. The number of fused-ring (bicyclic) bond motifs is 4. The maximum Gasteiger partial charge on any atom is 0.300 e. The second-order valence-corrected chi connectivity index (χ2v) is 18.3. The maximum absolute atomic E-state index is 13.4. The monoisotopic (exact) mass is 727 g/mol. The van der Waals surface area contributed by atoms with Gasteiger partial charge in [0.2, 0.25) is 0 Å². The minimum Gasteiger partial charge on any atom is -0.453 e. The number of Topliss-reactive ketones (excluding diaryl/α,β-unsaturated/α-hetero) is 1. The fraction of sp³-hybridized carbons (Fsp3) is 0.528. The zero-order chi connectivity index (χ0) is 36.7. The number of nitrogens with zero attached hydrogens (tertiary/aromatic N) is 3. The predicted octanol–water partition coefficient (Wildman–Crippen LogP) is 4.91. The number of carbonyl (C=O) groups is 1. The number of aromatic nitrogens is 2. The number of hydrogen-bond acceptors (Lipinski definition) is 8. The Labute approximate surface area is 293 Å². The third-order valence-corrected chi connectivity index (χ3v) is 11.9. The molecule has 2 aromatic carbocycles. The van der Waals surface area contributed by atoms with Crippen molar-refractivity contribution in [3.63, 3.8) is 0 Å². The first-order chi connectivity index (χ1) is 23.1. The highest BCUT2D eigenvalue weighted by Gasteiger charge is 2.43. The molecule has 0 fully saturated rings. The molecule has 12 nitrogen and oxygen atoms in total. The number of carbonyl (C=O) groups excluding carboxylic acids is 1. The Balaban J connectivity index is 1.77. The van der Waals surface area contributed by atoms with Crippen LogP contribution in [0.15, 0.2) is 39.3 Å². The van der Waals surface area contributed by atoms with E-state index in [-0.39, 0.29) is 40.2 Å². The number of hydrogen-bond donors (Lipinski definition) is 3. The van der Waals surface area contributed by atoms with E-state index >= 15 is 0 Å². The molecule has 0 bridgehead atoms. The van der Waals surface area contributed by atoms with Gasteiger partial charge in [-0.3, -0.25) is 14.1 Å². The summed E-state index contributed by atoms with van der Waals surface area (Å²) >= 11 is 0. The molecule has 0 amide bonds. The Kier molecular flexibility index (Phi) is 8.89. The number of anilines is 1. The van der Waals surface area contributed by atoms with Crippen LogP contribution in [0.4, 0.5) is 5.69 Å². The molecule has 0 radical (unpaired) electrons. The van der Waals surface area contributed by atoms with E-state index in [9.17, 15) is 30.7 Å². The number of aryl methyl sites for hydroxylation is 2. The topological polar surface area (TPSA) is 168 Å². The Morgan fingerprint density at radius 3 is 2.28 bits per heavy atom. The molecule has 3 aliphatic heterocycles. The molecule has 0 aliphatic carbocycles. The van der Waals surface area contributed by atoms with Crippen LogP contribution in [0.1, 0.15) is 121 Å². The van der Waals surface area contributed by atoms with Crippen LogP contribution in [0, 0.1) is 0 Å². The fourth-order valence-electron chi connectivity index (χ4n) is 8.20. The summed E-state index contributed by atoms with van der Waals surface area (Å²) in [6, 6.07) is 3.72. The molecule has 3 N–H and O–H groups in total. The second kappa shape index (κ2) is 12.3. The SMILES string of the molecule is CC(=O)CCCCCn1cc[n+](C)c1C1=c2cc3c(c(S(=O)(=O)O)c2Oc2c1cc1c(c2S(=O)(=O)O)NC(C)(C)CC1C)=NC(C)(C)CC3C. The maximum atomic E-state index is 13.4. The van der Waals surface area contributed by atoms with Crippen LogP contribution in [0.3, 0.4) is 0 Å². The molecular formula is C36H47N4O8S2+. The smallest absolute Gasteiger partial charge is 0.300 e. The van der Waals surface area contributed by atoms with Crippen molar-refractivity contribution in [3.8, 4) is 11.5 Å². The van der Waals surface area contributed by atoms with E-state index in [1.807, 2.05) is 82.3 Å². The Morgan fingerprint density at radius 2 is 1.64 bits per heavy atom. The van der Waals surface area contributed by atoms with Crippen LogP contribution < -0.4 is 25.2 Å². The molecule has 6 rings (SSSR count). The van der Waals surface area contributed by atoms with E-state index in [2.05, 4.69) is 5.32 Å². The number of benzene rings is 2. The summed E-state index contributed by atoms with van der Waals surface area (Å²) in [7, 11) is -8.12. The van der Waals surface area contributed by atoms with Crippen molar-refractivity contribution >= 4 is 37.3 Å². The summed E-state index contributed by atoms with van der Waals surface area (Å²) in [5.74, 6) is 0.0160. The molecule has 270 valence electrons. The third kappa shape index (κ3) is 6.51. The van der Waals surface area contributed by atoms with Gasteiger partial charge in [0.1, 0.15) is 18.2 Å². The van der Waals surface area contributed by atoms with E-state index in [1.54, 1.807) is 6.92 Å². The van der Waals surface area contributed by atoms with Crippen molar-refractivity contribution in [1.29, 1.82) is 0 Å². The summed E-state index contributed by atoms with van der Waals surface area (Å²) in [4.78, 5) is 15.3. The number of rotatable bonds is 9. The minimum absolute atomic E-state index is 0.0716. The van der Waals surface area contributed by atoms with E-state index in [0.717, 1.165) is 19.3 Å². The van der Waals surface area contributed by atoms with Crippen molar-refractivity contribution in [2.45, 2.75) is 126 Å². The molecule has 2 unspecified atom stereocenters.